The van der Waals surface area contributed by atoms with Crippen molar-refractivity contribution in [3.63, 3.8) is 0 Å². The van der Waals surface area contributed by atoms with E-state index in [1.54, 1.807) is 0 Å². The Hall–Kier alpha value is -0.0400. The van der Waals surface area contributed by atoms with E-state index in [9.17, 15) is 0 Å². The van der Waals surface area contributed by atoms with Crippen LogP contribution in [0.5, 0.6) is 0 Å². The average molecular weight is 131 g/mol. The summed E-state index contributed by atoms with van der Waals surface area (Å²) in [6.45, 7) is 4.14. The first-order valence-electron chi connectivity index (χ1n) is 4.34. The second-order valence-corrected chi connectivity index (χ2v) is 2.66. The van der Waals surface area contributed by atoms with Gasteiger partial charge in [-0.2, -0.15) is 0 Å². The van der Waals surface area contributed by atoms with Crippen molar-refractivity contribution >= 4 is 0 Å². The Bertz CT molecular complexity index is 66.3. The van der Waals surface area contributed by atoms with Gasteiger partial charge in [0.05, 0.1) is 6.10 Å². The molecular formula is C8H18O. The largest absolute Gasteiger partial charge is 0.393 e. The predicted octanol–water partition coefficient (Wildman–Crippen LogP) is 2.34. The Morgan fingerprint density at radius 3 is 2.78 bits per heavy atom. The van der Waals surface area contributed by atoms with Gasteiger partial charge in [0.2, 0.25) is 1.43 Å². The fraction of sp³-hybridized carbons (Fsp3) is 1.00. The summed E-state index contributed by atoms with van der Waals surface area (Å²) < 4.78 is 6.59. The zero-order chi connectivity index (χ0) is 7.82. The van der Waals surface area contributed by atoms with Crippen LogP contribution in [0, 0.1) is 0 Å². The van der Waals surface area contributed by atoms with E-state index in [0.29, 0.717) is 0 Å². The molecule has 0 fully saturated rings. The normalized spacial score (nSPS) is 15.1. The van der Waals surface area contributed by atoms with E-state index in [-0.39, 0.29) is 6.10 Å². The van der Waals surface area contributed by atoms with Gasteiger partial charge in [0.25, 0.3) is 0 Å². The molecule has 0 aromatic heterocycles. The number of rotatable bonds is 6. The molecule has 0 amide bonds. The Morgan fingerprint density at radius 1 is 1.44 bits per heavy atom. The van der Waals surface area contributed by atoms with Crippen LogP contribution in [-0.4, -0.2) is 12.6 Å². The van der Waals surface area contributed by atoms with Crippen molar-refractivity contribution in [2.45, 2.75) is 52.1 Å². The van der Waals surface area contributed by atoms with Crippen molar-refractivity contribution in [3.8, 4) is 0 Å². The van der Waals surface area contributed by atoms with E-state index in [1.165, 1.54) is 25.7 Å². The molecule has 0 aliphatic rings. The van der Waals surface area contributed by atoms with Crippen molar-refractivity contribution in [1.29, 1.82) is 1.43 Å². The fourth-order valence-electron chi connectivity index (χ4n) is 0.859. The van der Waals surface area contributed by atoms with Gasteiger partial charge in [0.15, 0.2) is 0 Å². The summed E-state index contributed by atoms with van der Waals surface area (Å²) in [5.41, 5.74) is 0. The molecule has 0 aromatic carbocycles. The van der Waals surface area contributed by atoms with Crippen molar-refractivity contribution in [2.24, 2.45) is 0 Å². The molecule has 0 saturated carbocycles. The first kappa shape index (κ1) is 7.07. The van der Waals surface area contributed by atoms with Gasteiger partial charge in [-0.1, -0.05) is 32.6 Å². The van der Waals surface area contributed by atoms with E-state index in [2.05, 4.69) is 12.0 Å². The zero-order valence-corrected chi connectivity index (χ0v) is 6.52. The van der Waals surface area contributed by atoms with Crippen LogP contribution in [0.3, 0.4) is 0 Å². The van der Waals surface area contributed by atoms with Crippen molar-refractivity contribution in [1.82, 2.24) is 0 Å². The lowest BCUT2D eigenvalue weighted by Gasteiger charge is -2.01. The topological polar surface area (TPSA) is 20.2 Å². The van der Waals surface area contributed by atoms with Crippen molar-refractivity contribution < 1.29 is 5.11 Å². The van der Waals surface area contributed by atoms with E-state index in [4.69, 9.17) is 1.43 Å². The van der Waals surface area contributed by atoms with E-state index >= 15 is 0 Å². The summed E-state index contributed by atoms with van der Waals surface area (Å²) in [6.07, 6.45) is 6.22. The molecule has 0 heterocycles. The highest BCUT2D eigenvalue weighted by Crippen LogP contribution is 2.04. The molecule has 0 spiro atoms. The molecule has 56 valence electrons. The van der Waals surface area contributed by atoms with Gasteiger partial charge in [-0.05, 0) is 13.3 Å². The molecule has 0 aromatic rings. The second kappa shape index (κ2) is 6.09. The highest BCUT2D eigenvalue weighted by molar-refractivity contribution is 4.47. The number of aliphatic hydroxyl groups excluding tert-OH is 1. The lowest BCUT2D eigenvalue weighted by molar-refractivity contribution is 0.180. The summed E-state index contributed by atoms with van der Waals surface area (Å²) in [7, 11) is 0. The van der Waals surface area contributed by atoms with Gasteiger partial charge in [-0.25, -0.2) is 0 Å². The second-order valence-electron chi connectivity index (χ2n) is 2.66. The summed E-state index contributed by atoms with van der Waals surface area (Å²) in [4.78, 5) is 0. The molecule has 0 radical (unpaired) electrons. The van der Waals surface area contributed by atoms with E-state index in [0.717, 1.165) is 6.42 Å². The molecule has 1 atom stereocenters. The predicted molar refractivity (Wildman–Crippen MR) is 40.4 cm³/mol. The molecule has 0 saturated heterocycles. The first-order valence-corrected chi connectivity index (χ1v) is 3.93. The van der Waals surface area contributed by atoms with E-state index < -0.39 is 0 Å². The van der Waals surface area contributed by atoms with Gasteiger partial charge >= 0.3 is 0 Å². The molecule has 0 rings (SSSR count). The molecule has 1 nitrogen and oxygen atoms in total. The first-order chi connectivity index (χ1) is 4.81. The fourth-order valence-corrected chi connectivity index (χ4v) is 0.859. The summed E-state index contributed by atoms with van der Waals surface area (Å²) >= 11 is 0. The number of aliphatic hydroxyl groups is 1. The molecule has 1 heteroatoms. The van der Waals surface area contributed by atoms with E-state index in [1.807, 2.05) is 6.92 Å². The molecule has 0 aliphatic heterocycles. The van der Waals surface area contributed by atoms with Crippen LogP contribution in [0.2, 0.25) is 0 Å². The molecular weight excluding hydrogens is 112 g/mol. The maximum absolute atomic E-state index is 6.59. The van der Waals surface area contributed by atoms with Gasteiger partial charge in [-0.15, -0.1) is 0 Å². The third-order valence-electron chi connectivity index (χ3n) is 1.46. The summed E-state index contributed by atoms with van der Waals surface area (Å²) in [5, 5.41) is 4.38. The third-order valence-corrected chi connectivity index (χ3v) is 1.46. The highest BCUT2D eigenvalue weighted by atomic mass is 16.3. The molecule has 0 unspecified atom stereocenters. The van der Waals surface area contributed by atoms with Crippen LogP contribution in [-0.2, 0) is 0 Å². The SMILES string of the molecule is [2H]O[C@@H](C)CCCCCC. The minimum Gasteiger partial charge on any atom is -0.393 e. The van der Waals surface area contributed by atoms with Gasteiger partial charge in [0.1, 0.15) is 0 Å². The molecule has 9 heavy (non-hydrogen) atoms. The third kappa shape index (κ3) is 7.96. The number of hydrogen-bond donors (Lipinski definition) is 1. The monoisotopic (exact) mass is 131 g/mol. The Balaban J connectivity index is 2.89. The minimum atomic E-state index is 0.122. The lowest BCUT2D eigenvalue weighted by atomic mass is 10.1. The quantitative estimate of drug-likeness (QED) is 0.548. The molecule has 1 N–H and O–H groups in total. The van der Waals surface area contributed by atoms with Crippen LogP contribution >= 0.6 is 0 Å². The van der Waals surface area contributed by atoms with Gasteiger partial charge in [0, 0.05) is 0 Å². The van der Waals surface area contributed by atoms with Crippen LogP contribution in [0.4, 0.5) is 0 Å². The summed E-state index contributed by atoms with van der Waals surface area (Å²) in [6, 6.07) is 0. The van der Waals surface area contributed by atoms with Crippen LogP contribution < -0.4 is 0 Å². The Labute approximate surface area is 59.6 Å². The maximum Gasteiger partial charge on any atom is 0.210 e. The number of unbranched alkanes of at least 4 members (excludes halogenated alkanes) is 3. The van der Waals surface area contributed by atoms with Gasteiger partial charge < -0.3 is 5.11 Å². The smallest absolute Gasteiger partial charge is 0.210 e. The lowest BCUT2D eigenvalue weighted by Crippen LogP contribution is -1.97. The number of hydrogen-bond acceptors (Lipinski definition) is 1. The van der Waals surface area contributed by atoms with Crippen LogP contribution in [0.15, 0.2) is 0 Å². The van der Waals surface area contributed by atoms with Crippen LogP contribution in [0.1, 0.15) is 46.0 Å². The highest BCUT2D eigenvalue weighted by Gasteiger charge is 1.93. The summed E-state index contributed by atoms with van der Waals surface area (Å²) in [5.74, 6) is 0. The molecule has 0 aliphatic carbocycles. The van der Waals surface area contributed by atoms with Crippen LogP contribution in [0.25, 0.3) is 0 Å². The Morgan fingerprint density at radius 2 is 2.22 bits per heavy atom. The standard InChI is InChI=1S/C8H18O/c1-3-4-5-6-7-8(2)9/h8-9H,3-7H2,1-2H3/t8-/m0/s1/i9D. The molecule has 0 bridgehead atoms. The minimum absolute atomic E-state index is 0.122. The van der Waals surface area contributed by atoms with Gasteiger partial charge in [-0.3, -0.25) is 0 Å². The average Bonchev–Trinajstić information content (AvgIpc) is 1.98. The zero-order valence-electron chi connectivity index (χ0n) is 7.52. The Kier molecular flexibility index (Phi) is 4.78. The van der Waals surface area contributed by atoms with Crippen molar-refractivity contribution in [2.75, 3.05) is 0 Å². The maximum atomic E-state index is 6.59. The van der Waals surface area contributed by atoms with Crippen molar-refractivity contribution in [3.05, 3.63) is 0 Å².